The molecule has 1 aromatic rings. The molecule has 6 heteroatoms. The molecular weight excluding hydrogens is 342 g/mol. The fourth-order valence-corrected chi connectivity index (χ4v) is 3.90. The van der Waals surface area contributed by atoms with Crippen LogP contribution in [0.5, 0.6) is 5.75 Å². The molecule has 1 heterocycles. The van der Waals surface area contributed by atoms with Gasteiger partial charge in [-0.15, -0.1) is 0 Å². The molecule has 0 bridgehead atoms. The summed E-state index contributed by atoms with van der Waals surface area (Å²) in [4.78, 5) is 4.83. The lowest BCUT2D eigenvalue weighted by atomic mass is 9.84. The van der Waals surface area contributed by atoms with Gasteiger partial charge in [0.15, 0.2) is 5.96 Å². The summed E-state index contributed by atoms with van der Waals surface area (Å²) in [5.74, 6) is 1.80. The van der Waals surface area contributed by atoms with E-state index in [4.69, 9.17) is 14.5 Å². The molecule has 1 aliphatic carbocycles. The quantitative estimate of drug-likeness (QED) is 0.455. The Kier molecular flexibility index (Phi) is 6.60. The summed E-state index contributed by atoms with van der Waals surface area (Å²) in [6, 6.07) is 8.30. The van der Waals surface area contributed by atoms with Crippen LogP contribution < -0.4 is 15.4 Å². The van der Waals surface area contributed by atoms with Crippen molar-refractivity contribution in [3.63, 3.8) is 0 Å². The zero-order valence-corrected chi connectivity index (χ0v) is 16.6. The minimum Gasteiger partial charge on any atom is -0.496 e. The van der Waals surface area contributed by atoms with E-state index >= 15 is 0 Å². The second kappa shape index (κ2) is 8.93. The number of para-hydroxylation sites is 1. The van der Waals surface area contributed by atoms with E-state index < -0.39 is 0 Å². The van der Waals surface area contributed by atoms with E-state index in [9.17, 15) is 5.11 Å². The highest BCUT2D eigenvalue weighted by atomic mass is 16.5. The van der Waals surface area contributed by atoms with Crippen LogP contribution in [-0.2, 0) is 10.2 Å². The van der Waals surface area contributed by atoms with Crippen molar-refractivity contribution in [1.82, 2.24) is 10.6 Å². The van der Waals surface area contributed by atoms with Crippen LogP contribution in [0.2, 0.25) is 0 Å². The first kappa shape index (κ1) is 20.0. The summed E-state index contributed by atoms with van der Waals surface area (Å²) in [5, 5.41) is 16.3. The minimum absolute atomic E-state index is 0.0307. The largest absolute Gasteiger partial charge is 0.496 e. The van der Waals surface area contributed by atoms with E-state index in [1.807, 2.05) is 12.1 Å². The first-order chi connectivity index (χ1) is 13.2. The predicted octanol–water partition coefficient (Wildman–Crippen LogP) is 2.07. The number of aliphatic hydroxyl groups excluding tert-OH is 1. The third-order valence-corrected chi connectivity index (χ3v) is 5.87. The molecule has 1 atom stereocenters. The molecular formula is C21H33N3O3. The molecule has 3 rings (SSSR count). The number of aliphatic imine (C=N–C) groups is 1. The highest BCUT2D eigenvalue weighted by molar-refractivity contribution is 5.80. The lowest BCUT2D eigenvalue weighted by molar-refractivity contribution is 0.131. The van der Waals surface area contributed by atoms with Gasteiger partial charge in [0.1, 0.15) is 5.75 Å². The Hall–Kier alpha value is -1.79. The van der Waals surface area contributed by atoms with Gasteiger partial charge in [-0.05, 0) is 38.7 Å². The molecule has 0 spiro atoms. The number of benzene rings is 1. The zero-order valence-electron chi connectivity index (χ0n) is 16.6. The number of ether oxygens (including phenoxy) is 2. The Labute approximate surface area is 162 Å². The average Bonchev–Trinajstić information content (AvgIpc) is 3.35. The number of aliphatic hydroxyl groups is 1. The Morgan fingerprint density at radius 1 is 1.26 bits per heavy atom. The molecule has 150 valence electrons. The molecule has 2 aliphatic rings. The van der Waals surface area contributed by atoms with Gasteiger partial charge in [0.2, 0.25) is 0 Å². The first-order valence-corrected chi connectivity index (χ1v) is 10.0. The van der Waals surface area contributed by atoms with E-state index in [1.165, 1.54) is 5.56 Å². The normalized spacial score (nSPS) is 23.9. The number of nitrogens with one attached hydrogen (secondary N) is 2. The maximum absolute atomic E-state index is 9.41. The number of hydrogen-bond acceptors (Lipinski definition) is 4. The SMILES string of the molecule is CCNC(=NCC1(CCO)CCOC1)NCC1(c2ccccc2OC)CC1. The van der Waals surface area contributed by atoms with Crippen molar-refractivity contribution in [3.05, 3.63) is 29.8 Å². The van der Waals surface area contributed by atoms with E-state index in [0.717, 1.165) is 57.1 Å². The molecule has 0 amide bonds. The molecule has 0 radical (unpaired) electrons. The summed E-state index contributed by atoms with van der Waals surface area (Å²) in [7, 11) is 1.73. The van der Waals surface area contributed by atoms with Crippen LogP contribution in [0.4, 0.5) is 0 Å². The van der Waals surface area contributed by atoms with Crippen LogP contribution in [0, 0.1) is 5.41 Å². The standard InChI is InChI=1S/C21H33N3O3/c1-3-22-19(23-14-20(10-12-25)11-13-27-16-20)24-15-21(8-9-21)17-6-4-5-7-18(17)26-2/h4-7,25H,3,8-16H2,1-2H3,(H2,22,23,24). The number of methoxy groups -OCH3 is 1. The average molecular weight is 376 g/mol. The first-order valence-electron chi connectivity index (χ1n) is 10.0. The molecule has 1 saturated carbocycles. The van der Waals surface area contributed by atoms with Crippen LogP contribution in [0.1, 0.15) is 38.2 Å². The van der Waals surface area contributed by atoms with Crippen LogP contribution in [-0.4, -0.2) is 57.6 Å². The van der Waals surface area contributed by atoms with Crippen LogP contribution in [0.15, 0.2) is 29.3 Å². The summed E-state index contributed by atoms with van der Waals surface area (Å²) >= 11 is 0. The smallest absolute Gasteiger partial charge is 0.191 e. The zero-order chi connectivity index (χ0) is 19.2. The molecule has 3 N–H and O–H groups in total. The molecule has 1 saturated heterocycles. The van der Waals surface area contributed by atoms with Gasteiger partial charge in [-0.2, -0.15) is 0 Å². The van der Waals surface area contributed by atoms with E-state index in [1.54, 1.807) is 7.11 Å². The van der Waals surface area contributed by atoms with Gasteiger partial charge in [0.25, 0.3) is 0 Å². The highest BCUT2D eigenvalue weighted by Gasteiger charge is 2.46. The Bertz CT molecular complexity index is 637. The van der Waals surface area contributed by atoms with Crippen LogP contribution in [0.3, 0.4) is 0 Å². The van der Waals surface area contributed by atoms with Gasteiger partial charge in [-0.25, -0.2) is 0 Å². The summed E-state index contributed by atoms with van der Waals surface area (Å²) in [6.45, 7) is 6.02. The van der Waals surface area contributed by atoms with Crippen molar-refractivity contribution in [2.45, 2.75) is 38.0 Å². The van der Waals surface area contributed by atoms with Gasteiger partial charge in [-0.1, -0.05) is 18.2 Å². The summed E-state index contributed by atoms with van der Waals surface area (Å²) in [6.07, 6.45) is 4.01. The monoisotopic (exact) mass is 375 g/mol. The molecule has 27 heavy (non-hydrogen) atoms. The van der Waals surface area contributed by atoms with Gasteiger partial charge in [-0.3, -0.25) is 4.99 Å². The van der Waals surface area contributed by atoms with Crippen molar-refractivity contribution in [2.24, 2.45) is 10.4 Å². The van der Waals surface area contributed by atoms with E-state index in [0.29, 0.717) is 13.2 Å². The maximum atomic E-state index is 9.41. The van der Waals surface area contributed by atoms with Gasteiger partial charge < -0.3 is 25.2 Å². The molecule has 2 fully saturated rings. The maximum Gasteiger partial charge on any atom is 0.191 e. The third-order valence-electron chi connectivity index (χ3n) is 5.87. The topological polar surface area (TPSA) is 75.1 Å². The van der Waals surface area contributed by atoms with E-state index in [2.05, 4.69) is 29.7 Å². The Morgan fingerprint density at radius 3 is 2.70 bits per heavy atom. The van der Waals surface area contributed by atoms with Gasteiger partial charge in [0.05, 0.1) is 20.3 Å². The third kappa shape index (κ3) is 4.74. The number of rotatable bonds is 9. The number of guanidine groups is 1. The van der Waals surface area contributed by atoms with Crippen molar-refractivity contribution in [2.75, 3.05) is 46.6 Å². The minimum atomic E-state index is -0.0307. The number of nitrogens with zero attached hydrogens (tertiary/aromatic N) is 1. The molecule has 0 aromatic heterocycles. The van der Waals surface area contributed by atoms with Crippen molar-refractivity contribution in [1.29, 1.82) is 0 Å². The lowest BCUT2D eigenvalue weighted by Crippen LogP contribution is -2.42. The molecule has 1 aromatic carbocycles. The molecule has 6 nitrogen and oxygen atoms in total. The fraction of sp³-hybridized carbons (Fsp3) is 0.667. The second-order valence-corrected chi connectivity index (χ2v) is 7.81. The van der Waals surface area contributed by atoms with Crippen molar-refractivity contribution >= 4 is 5.96 Å². The van der Waals surface area contributed by atoms with E-state index in [-0.39, 0.29) is 17.4 Å². The predicted molar refractivity (Wildman–Crippen MR) is 107 cm³/mol. The molecule has 1 aliphatic heterocycles. The van der Waals surface area contributed by atoms with Gasteiger partial charge >= 0.3 is 0 Å². The Morgan fingerprint density at radius 2 is 2.07 bits per heavy atom. The van der Waals surface area contributed by atoms with Crippen molar-refractivity contribution < 1.29 is 14.6 Å². The number of hydrogen-bond donors (Lipinski definition) is 3. The summed E-state index contributed by atoms with van der Waals surface area (Å²) in [5.41, 5.74) is 1.37. The summed E-state index contributed by atoms with van der Waals surface area (Å²) < 4.78 is 11.1. The molecule has 1 unspecified atom stereocenters. The second-order valence-electron chi connectivity index (χ2n) is 7.81. The lowest BCUT2D eigenvalue weighted by Gasteiger charge is -2.25. The highest BCUT2D eigenvalue weighted by Crippen LogP contribution is 2.50. The van der Waals surface area contributed by atoms with Crippen LogP contribution in [0.25, 0.3) is 0 Å². The van der Waals surface area contributed by atoms with Crippen molar-refractivity contribution in [3.8, 4) is 5.75 Å². The van der Waals surface area contributed by atoms with Crippen LogP contribution >= 0.6 is 0 Å². The Balaban J connectivity index is 1.66. The fourth-order valence-electron chi connectivity index (χ4n) is 3.90. The van der Waals surface area contributed by atoms with Gasteiger partial charge in [0, 0.05) is 42.7 Å².